The molecular formula is C12H16N2O3. The number of aryl methyl sites for hydroxylation is 1. The van der Waals surface area contributed by atoms with Gasteiger partial charge in [-0.1, -0.05) is 0 Å². The lowest BCUT2D eigenvalue weighted by Crippen LogP contribution is -2.17. The summed E-state index contributed by atoms with van der Waals surface area (Å²) < 4.78 is 5.34. The minimum atomic E-state index is -0.758. The molecule has 2 N–H and O–H groups in total. The summed E-state index contributed by atoms with van der Waals surface area (Å²) in [6, 6.07) is 0. The summed E-state index contributed by atoms with van der Waals surface area (Å²) in [5.74, 6) is 0.0495. The monoisotopic (exact) mass is 236 g/mol. The second-order valence-electron chi connectivity index (χ2n) is 4.83. The van der Waals surface area contributed by atoms with Crippen LogP contribution < -0.4 is 0 Å². The molecule has 0 bridgehead atoms. The first-order valence-electron chi connectivity index (χ1n) is 6.15. The summed E-state index contributed by atoms with van der Waals surface area (Å²) in [6.45, 7) is 1.47. The Labute approximate surface area is 99.2 Å². The lowest BCUT2D eigenvalue weighted by molar-refractivity contribution is -0.139. The lowest BCUT2D eigenvalue weighted by Gasteiger charge is -2.16. The van der Waals surface area contributed by atoms with E-state index in [0.717, 1.165) is 43.1 Å². The van der Waals surface area contributed by atoms with Crippen molar-refractivity contribution in [3.63, 3.8) is 0 Å². The van der Waals surface area contributed by atoms with E-state index in [0.29, 0.717) is 18.9 Å². The Kier molecular flexibility index (Phi) is 2.63. The molecular weight excluding hydrogens is 220 g/mol. The van der Waals surface area contributed by atoms with Gasteiger partial charge in [0.2, 0.25) is 0 Å². The van der Waals surface area contributed by atoms with E-state index in [1.54, 1.807) is 0 Å². The number of aromatic nitrogens is 2. The van der Waals surface area contributed by atoms with E-state index >= 15 is 0 Å². The third-order valence-corrected chi connectivity index (χ3v) is 3.69. The first-order valence-corrected chi connectivity index (χ1v) is 6.15. The molecule has 1 saturated heterocycles. The number of carboxylic acids is 1. The molecule has 3 rings (SSSR count). The van der Waals surface area contributed by atoms with E-state index < -0.39 is 11.9 Å². The maximum absolute atomic E-state index is 11.2. The number of hydrogen-bond acceptors (Lipinski definition) is 3. The van der Waals surface area contributed by atoms with E-state index in [2.05, 4.69) is 9.97 Å². The van der Waals surface area contributed by atoms with Gasteiger partial charge in [0.05, 0.1) is 12.3 Å². The van der Waals surface area contributed by atoms with Crippen LogP contribution in [0.2, 0.25) is 0 Å². The number of hydrogen-bond donors (Lipinski definition) is 2. The van der Waals surface area contributed by atoms with Gasteiger partial charge in [0.25, 0.3) is 0 Å². The Bertz CT molecular complexity index is 435. The molecule has 17 heavy (non-hydrogen) atoms. The number of nitrogens with zero attached hydrogens (tertiary/aromatic N) is 1. The number of nitrogens with one attached hydrogen (secondary N) is 1. The van der Waals surface area contributed by atoms with Crippen LogP contribution >= 0.6 is 0 Å². The molecule has 1 aliphatic heterocycles. The van der Waals surface area contributed by atoms with E-state index in [1.165, 1.54) is 0 Å². The molecule has 0 amide bonds. The van der Waals surface area contributed by atoms with E-state index in [1.807, 2.05) is 0 Å². The van der Waals surface area contributed by atoms with Crippen LogP contribution in [0.15, 0.2) is 0 Å². The lowest BCUT2D eigenvalue weighted by atomic mass is 9.90. The molecule has 5 heteroatoms. The number of fused-ring (bicyclic) bond motifs is 1. The highest BCUT2D eigenvalue weighted by Crippen LogP contribution is 2.33. The molecule has 1 aromatic rings. The van der Waals surface area contributed by atoms with Crippen LogP contribution in [-0.4, -0.2) is 34.3 Å². The smallest absolute Gasteiger partial charge is 0.312 e. The number of aliphatic carboxylic acids is 1. The Morgan fingerprint density at radius 2 is 2.35 bits per heavy atom. The molecule has 2 heterocycles. The van der Waals surface area contributed by atoms with Gasteiger partial charge in [-0.2, -0.15) is 0 Å². The van der Waals surface area contributed by atoms with Crippen molar-refractivity contribution >= 4 is 5.97 Å². The third kappa shape index (κ3) is 1.84. The van der Waals surface area contributed by atoms with Crippen molar-refractivity contribution in [2.75, 3.05) is 13.2 Å². The first-order chi connectivity index (χ1) is 8.25. The van der Waals surface area contributed by atoms with Crippen molar-refractivity contribution in [1.29, 1.82) is 0 Å². The van der Waals surface area contributed by atoms with Crippen molar-refractivity contribution in [3.05, 3.63) is 17.2 Å². The zero-order valence-electron chi connectivity index (χ0n) is 9.61. The maximum Gasteiger partial charge on any atom is 0.312 e. The number of carbonyl (C=O) groups is 1. The topological polar surface area (TPSA) is 75.2 Å². The summed E-state index contributed by atoms with van der Waals surface area (Å²) in [5, 5.41) is 9.18. The van der Waals surface area contributed by atoms with Crippen LogP contribution in [0.4, 0.5) is 0 Å². The summed E-state index contributed by atoms with van der Waals surface area (Å²) in [5.41, 5.74) is 1.77. The van der Waals surface area contributed by atoms with Gasteiger partial charge in [-0.25, -0.2) is 4.98 Å². The van der Waals surface area contributed by atoms with Crippen molar-refractivity contribution in [1.82, 2.24) is 9.97 Å². The summed E-state index contributed by atoms with van der Waals surface area (Å²) in [6.07, 6.45) is 3.52. The van der Waals surface area contributed by atoms with Crippen LogP contribution in [0.25, 0.3) is 0 Å². The zero-order chi connectivity index (χ0) is 11.8. The number of rotatable bonds is 2. The van der Waals surface area contributed by atoms with Crippen LogP contribution in [0.1, 0.15) is 48.3 Å². The fourth-order valence-electron chi connectivity index (χ4n) is 2.73. The Balaban J connectivity index is 1.92. The second-order valence-corrected chi connectivity index (χ2v) is 4.83. The Hall–Kier alpha value is -1.36. The number of aromatic amines is 1. The largest absolute Gasteiger partial charge is 0.481 e. The molecule has 2 unspecified atom stereocenters. The molecule has 92 valence electrons. The standard InChI is InChI=1S/C12H16N2O3/c15-12(16)8-2-1-3-9-10(8)14-11(13-9)7-4-5-17-6-7/h7-8H,1-6H2,(H,13,14)(H,15,16). The quantitative estimate of drug-likeness (QED) is 0.814. The molecule has 1 aliphatic carbocycles. The highest BCUT2D eigenvalue weighted by atomic mass is 16.5. The Morgan fingerprint density at radius 3 is 3.06 bits per heavy atom. The van der Waals surface area contributed by atoms with Gasteiger partial charge < -0.3 is 14.8 Å². The number of H-pyrrole nitrogens is 1. The predicted molar refractivity (Wildman–Crippen MR) is 60.1 cm³/mol. The molecule has 2 atom stereocenters. The summed E-state index contributed by atoms with van der Waals surface area (Å²) in [7, 11) is 0. The average molecular weight is 236 g/mol. The van der Waals surface area contributed by atoms with Gasteiger partial charge in [0.1, 0.15) is 11.7 Å². The van der Waals surface area contributed by atoms with Gasteiger partial charge >= 0.3 is 5.97 Å². The summed E-state index contributed by atoms with van der Waals surface area (Å²) >= 11 is 0. The van der Waals surface area contributed by atoms with Crippen LogP contribution in [-0.2, 0) is 16.0 Å². The molecule has 0 radical (unpaired) electrons. The molecule has 0 spiro atoms. The fraction of sp³-hybridized carbons (Fsp3) is 0.667. The minimum Gasteiger partial charge on any atom is -0.481 e. The number of carboxylic acid groups (broad SMARTS) is 1. The normalized spacial score (nSPS) is 28.0. The van der Waals surface area contributed by atoms with Gasteiger partial charge in [0, 0.05) is 18.2 Å². The zero-order valence-corrected chi connectivity index (χ0v) is 9.61. The van der Waals surface area contributed by atoms with Crippen LogP contribution in [0.5, 0.6) is 0 Å². The first kappa shape index (κ1) is 10.8. The second kappa shape index (κ2) is 4.14. The molecule has 0 aromatic carbocycles. The van der Waals surface area contributed by atoms with Crippen LogP contribution in [0.3, 0.4) is 0 Å². The van der Waals surface area contributed by atoms with Gasteiger partial charge in [-0.05, 0) is 25.7 Å². The highest BCUT2D eigenvalue weighted by molar-refractivity contribution is 5.76. The summed E-state index contributed by atoms with van der Waals surface area (Å²) in [4.78, 5) is 19.0. The highest BCUT2D eigenvalue weighted by Gasteiger charge is 2.31. The average Bonchev–Trinajstić information content (AvgIpc) is 2.96. The molecule has 2 aliphatic rings. The van der Waals surface area contributed by atoms with E-state index in [4.69, 9.17) is 4.74 Å². The van der Waals surface area contributed by atoms with Crippen LogP contribution in [0, 0.1) is 0 Å². The number of ether oxygens (including phenoxy) is 1. The number of imidazole rings is 1. The van der Waals surface area contributed by atoms with Gasteiger partial charge in [-0.3, -0.25) is 4.79 Å². The minimum absolute atomic E-state index is 0.315. The van der Waals surface area contributed by atoms with Crippen molar-refractivity contribution < 1.29 is 14.6 Å². The third-order valence-electron chi connectivity index (χ3n) is 3.69. The van der Waals surface area contributed by atoms with Crippen molar-refractivity contribution in [3.8, 4) is 0 Å². The molecule has 0 saturated carbocycles. The molecule has 1 aromatic heterocycles. The maximum atomic E-state index is 11.2. The van der Waals surface area contributed by atoms with Crippen molar-refractivity contribution in [2.45, 2.75) is 37.5 Å². The fourth-order valence-corrected chi connectivity index (χ4v) is 2.73. The SMILES string of the molecule is O=C(O)C1CCCc2[nH]c(C3CCOC3)nc21. The molecule has 1 fully saturated rings. The Morgan fingerprint density at radius 1 is 1.47 bits per heavy atom. The predicted octanol–water partition coefficient (Wildman–Crippen LogP) is 1.42. The van der Waals surface area contributed by atoms with E-state index in [9.17, 15) is 9.90 Å². The van der Waals surface area contributed by atoms with Gasteiger partial charge in [-0.15, -0.1) is 0 Å². The van der Waals surface area contributed by atoms with E-state index in [-0.39, 0.29) is 0 Å². The van der Waals surface area contributed by atoms with Gasteiger partial charge in [0.15, 0.2) is 0 Å². The molecule has 5 nitrogen and oxygen atoms in total. The van der Waals surface area contributed by atoms with Crippen molar-refractivity contribution in [2.24, 2.45) is 0 Å².